The van der Waals surface area contributed by atoms with Gasteiger partial charge in [-0.05, 0) is 51.1 Å². The summed E-state index contributed by atoms with van der Waals surface area (Å²) in [6.45, 7) is 4.30. The normalized spacial score (nSPS) is 25.9. The van der Waals surface area contributed by atoms with Crippen molar-refractivity contribution in [1.29, 1.82) is 0 Å². The molecule has 1 heterocycles. The monoisotopic (exact) mass is 229 g/mol. The van der Waals surface area contributed by atoms with Crippen LogP contribution in [0.2, 0.25) is 0 Å². The lowest BCUT2D eigenvalue weighted by atomic mass is 9.93. The molecule has 0 N–H and O–H groups in total. The van der Waals surface area contributed by atoms with Crippen molar-refractivity contribution in [2.75, 3.05) is 40.0 Å². The molecular weight excluding hydrogens is 205 g/mol. The standard InChI is InChI=1S/C13H24FNO/c1-16-11-13(5-6-13)10-15-8-3-12(2-7-14)4-9-15/h12H,2-11H2,1H3. The van der Waals surface area contributed by atoms with E-state index in [4.69, 9.17) is 4.74 Å². The fraction of sp³-hybridized carbons (Fsp3) is 1.00. The highest BCUT2D eigenvalue weighted by Gasteiger charge is 2.44. The average molecular weight is 229 g/mol. The molecule has 1 aliphatic heterocycles. The second-order valence-electron chi connectivity index (χ2n) is 5.63. The summed E-state index contributed by atoms with van der Waals surface area (Å²) in [7, 11) is 1.80. The summed E-state index contributed by atoms with van der Waals surface area (Å²) < 4.78 is 17.5. The highest BCUT2D eigenvalue weighted by Crippen LogP contribution is 2.46. The van der Waals surface area contributed by atoms with Crippen molar-refractivity contribution in [1.82, 2.24) is 4.90 Å². The number of hydrogen-bond donors (Lipinski definition) is 0. The second kappa shape index (κ2) is 5.46. The van der Waals surface area contributed by atoms with Crippen LogP contribution >= 0.6 is 0 Å². The van der Waals surface area contributed by atoms with E-state index >= 15 is 0 Å². The molecule has 0 bridgehead atoms. The predicted octanol–water partition coefficient (Wildman–Crippen LogP) is 2.48. The first-order chi connectivity index (χ1) is 7.78. The fourth-order valence-corrected chi connectivity index (χ4v) is 2.89. The van der Waals surface area contributed by atoms with Gasteiger partial charge in [0.15, 0.2) is 0 Å². The first kappa shape index (κ1) is 12.3. The van der Waals surface area contributed by atoms with E-state index in [9.17, 15) is 4.39 Å². The first-order valence-corrected chi connectivity index (χ1v) is 6.55. The Hall–Kier alpha value is -0.150. The number of ether oxygens (including phenoxy) is 1. The van der Waals surface area contributed by atoms with E-state index in [2.05, 4.69) is 4.90 Å². The number of rotatable bonds is 6. The van der Waals surface area contributed by atoms with E-state index in [-0.39, 0.29) is 6.67 Å². The van der Waals surface area contributed by atoms with Crippen LogP contribution in [-0.2, 0) is 4.74 Å². The van der Waals surface area contributed by atoms with Crippen LogP contribution in [0.25, 0.3) is 0 Å². The van der Waals surface area contributed by atoms with Crippen molar-refractivity contribution in [3.8, 4) is 0 Å². The van der Waals surface area contributed by atoms with Gasteiger partial charge in [0.1, 0.15) is 0 Å². The molecule has 0 aromatic heterocycles. The summed E-state index contributed by atoms with van der Waals surface area (Å²) >= 11 is 0. The van der Waals surface area contributed by atoms with E-state index in [1.165, 1.54) is 32.2 Å². The molecule has 0 unspecified atom stereocenters. The number of nitrogens with zero attached hydrogens (tertiary/aromatic N) is 1. The van der Waals surface area contributed by atoms with Crippen LogP contribution in [0, 0.1) is 11.3 Å². The van der Waals surface area contributed by atoms with Crippen LogP contribution in [0.3, 0.4) is 0 Å². The Morgan fingerprint density at radius 3 is 2.50 bits per heavy atom. The zero-order valence-corrected chi connectivity index (χ0v) is 10.4. The molecule has 1 saturated heterocycles. The van der Waals surface area contributed by atoms with Gasteiger partial charge in [-0.2, -0.15) is 0 Å². The minimum absolute atomic E-state index is 0.141. The third kappa shape index (κ3) is 3.17. The van der Waals surface area contributed by atoms with Crippen molar-refractivity contribution in [3.05, 3.63) is 0 Å². The molecule has 2 fully saturated rings. The summed E-state index contributed by atoms with van der Waals surface area (Å²) in [5.41, 5.74) is 0.474. The molecule has 94 valence electrons. The molecule has 0 radical (unpaired) electrons. The number of halogens is 1. The van der Waals surface area contributed by atoms with Gasteiger partial charge in [-0.1, -0.05) is 0 Å². The summed E-state index contributed by atoms with van der Waals surface area (Å²) in [5.74, 6) is 0.638. The van der Waals surface area contributed by atoms with Gasteiger partial charge in [-0.3, -0.25) is 4.39 Å². The number of piperidine rings is 1. The van der Waals surface area contributed by atoms with Gasteiger partial charge >= 0.3 is 0 Å². The van der Waals surface area contributed by atoms with Gasteiger partial charge in [0.25, 0.3) is 0 Å². The minimum Gasteiger partial charge on any atom is -0.384 e. The van der Waals surface area contributed by atoms with Gasteiger partial charge in [-0.25, -0.2) is 0 Å². The fourth-order valence-electron chi connectivity index (χ4n) is 2.89. The van der Waals surface area contributed by atoms with Crippen LogP contribution < -0.4 is 0 Å². The molecule has 2 nitrogen and oxygen atoms in total. The van der Waals surface area contributed by atoms with Crippen molar-refractivity contribution in [2.45, 2.75) is 32.1 Å². The minimum atomic E-state index is -0.141. The molecule has 16 heavy (non-hydrogen) atoms. The molecule has 3 heteroatoms. The van der Waals surface area contributed by atoms with Gasteiger partial charge in [0.2, 0.25) is 0 Å². The number of likely N-dealkylation sites (tertiary alicyclic amines) is 1. The van der Waals surface area contributed by atoms with Crippen molar-refractivity contribution in [3.63, 3.8) is 0 Å². The Balaban J connectivity index is 1.69. The third-order valence-electron chi connectivity index (χ3n) is 4.19. The highest BCUT2D eigenvalue weighted by atomic mass is 19.1. The Morgan fingerprint density at radius 2 is 2.00 bits per heavy atom. The zero-order chi connectivity index (χ0) is 11.4. The van der Waals surface area contributed by atoms with Crippen molar-refractivity contribution >= 4 is 0 Å². The van der Waals surface area contributed by atoms with Gasteiger partial charge in [0.05, 0.1) is 13.3 Å². The van der Waals surface area contributed by atoms with Gasteiger partial charge in [0, 0.05) is 19.1 Å². The SMILES string of the molecule is COCC1(CN2CCC(CCF)CC2)CC1. The molecule has 0 amide bonds. The highest BCUT2D eigenvalue weighted by molar-refractivity contribution is 4.96. The lowest BCUT2D eigenvalue weighted by molar-refractivity contribution is 0.0889. The molecule has 0 aromatic carbocycles. The number of methoxy groups -OCH3 is 1. The molecule has 1 saturated carbocycles. The maximum absolute atomic E-state index is 12.2. The van der Waals surface area contributed by atoms with Crippen LogP contribution in [0.4, 0.5) is 4.39 Å². The molecule has 2 aliphatic rings. The third-order valence-corrected chi connectivity index (χ3v) is 4.19. The maximum Gasteiger partial charge on any atom is 0.0897 e. The maximum atomic E-state index is 12.2. The van der Waals surface area contributed by atoms with E-state index in [0.29, 0.717) is 11.3 Å². The molecule has 0 aromatic rings. The van der Waals surface area contributed by atoms with Crippen molar-refractivity contribution < 1.29 is 9.13 Å². The summed E-state index contributed by atoms with van der Waals surface area (Å²) in [6.07, 6.45) is 5.80. The Bertz CT molecular complexity index is 210. The van der Waals surface area contributed by atoms with E-state index in [0.717, 1.165) is 26.1 Å². The van der Waals surface area contributed by atoms with Gasteiger partial charge < -0.3 is 9.64 Å². The Kier molecular flexibility index (Phi) is 4.20. The van der Waals surface area contributed by atoms with Crippen molar-refractivity contribution in [2.24, 2.45) is 11.3 Å². The van der Waals surface area contributed by atoms with Crippen LogP contribution in [-0.4, -0.2) is 44.9 Å². The van der Waals surface area contributed by atoms with E-state index < -0.39 is 0 Å². The molecule has 1 aliphatic carbocycles. The summed E-state index contributed by atoms with van der Waals surface area (Å²) in [6, 6.07) is 0. The Labute approximate surface area is 98.1 Å². The lowest BCUT2D eigenvalue weighted by Crippen LogP contribution is -2.39. The molecule has 2 rings (SSSR count). The summed E-state index contributed by atoms with van der Waals surface area (Å²) in [4.78, 5) is 2.56. The molecule has 0 spiro atoms. The quantitative estimate of drug-likeness (QED) is 0.694. The van der Waals surface area contributed by atoms with Crippen LogP contribution in [0.1, 0.15) is 32.1 Å². The Morgan fingerprint density at radius 1 is 1.31 bits per heavy atom. The number of hydrogen-bond acceptors (Lipinski definition) is 2. The average Bonchev–Trinajstić information content (AvgIpc) is 3.02. The molecular formula is C13H24FNO. The lowest BCUT2D eigenvalue weighted by Gasteiger charge is -2.34. The topological polar surface area (TPSA) is 12.5 Å². The van der Waals surface area contributed by atoms with Gasteiger partial charge in [-0.15, -0.1) is 0 Å². The predicted molar refractivity (Wildman–Crippen MR) is 63.3 cm³/mol. The van der Waals surface area contributed by atoms with E-state index in [1.54, 1.807) is 7.11 Å². The zero-order valence-electron chi connectivity index (χ0n) is 10.4. The summed E-state index contributed by atoms with van der Waals surface area (Å²) in [5, 5.41) is 0. The number of alkyl halides is 1. The second-order valence-corrected chi connectivity index (χ2v) is 5.63. The first-order valence-electron chi connectivity index (χ1n) is 6.55. The van der Waals surface area contributed by atoms with Crippen LogP contribution in [0.15, 0.2) is 0 Å². The molecule has 0 atom stereocenters. The van der Waals surface area contributed by atoms with Crippen LogP contribution in [0.5, 0.6) is 0 Å². The smallest absolute Gasteiger partial charge is 0.0897 e. The van der Waals surface area contributed by atoms with E-state index in [1.807, 2.05) is 0 Å². The largest absolute Gasteiger partial charge is 0.384 e.